The molecule has 0 radical (unpaired) electrons. The van der Waals surface area contributed by atoms with Gasteiger partial charge in [-0.2, -0.15) is 0 Å². The monoisotopic (exact) mass is 221 g/mol. The molecule has 1 aromatic heterocycles. The van der Waals surface area contributed by atoms with E-state index in [0.717, 1.165) is 0 Å². The summed E-state index contributed by atoms with van der Waals surface area (Å²) in [5.41, 5.74) is 0.417. The topological polar surface area (TPSA) is 70.4 Å². The molecule has 0 saturated heterocycles. The van der Waals surface area contributed by atoms with E-state index in [1.54, 1.807) is 18.2 Å². The van der Waals surface area contributed by atoms with E-state index in [4.69, 9.17) is 9.79 Å². The molecule has 1 rings (SSSR count). The molecule has 0 fully saturated rings. The van der Waals surface area contributed by atoms with Crippen molar-refractivity contribution in [2.45, 2.75) is 6.16 Å². The minimum absolute atomic E-state index is 0. The number of rotatable bonds is 2. The van der Waals surface area contributed by atoms with Crippen LogP contribution in [0.2, 0.25) is 0 Å². The first-order valence-electron chi connectivity index (χ1n) is 3.02. The van der Waals surface area contributed by atoms with Crippen molar-refractivity contribution in [3.8, 4) is 0 Å². The second-order valence-corrected chi connectivity index (χ2v) is 3.79. The molecule has 2 N–H and O–H groups in total. The van der Waals surface area contributed by atoms with E-state index in [0.29, 0.717) is 5.69 Å². The van der Waals surface area contributed by atoms with Gasteiger partial charge in [-0.1, -0.05) is 6.07 Å². The Hall–Kier alpha value is 1.30. The van der Waals surface area contributed by atoms with Gasteiger partial charge in [-0.25, -0.2) is 0 Å². The third-order valence-electron chi connectivity index (χ3n) is 1.09. The standard InChI is InChI=1S/C6H8NO3P.2Na.2H/c8-11(9,10)5-6-3-1-2-4-7-6;;;;/h1-4H,5H2,(H2,8,9,10);;;;. The SMILES string of the molecule is O=P(O)(O)Cc1ccccn1.[NaH].[NaH]. The Morgan fingerprint density at radius 2 is 1.92 bits per heavy atom. The summed E-state index contributed by atoms with van der Waals surface area (Å²) in [5, 5.41) is 0. The fourth-order valence-corrected chi connectivity index (χ4v) is 1.31. The van der Waals surface area contributed by atoms with Gasteiger partial charge in [-0.15, -0.1) is 0 Å². The first-order chi connectivity index (χ1) is 5.08. The van der Waals surface area contributed by atoms with E-state index in [2.05, 4.69) is 4.98 Å². The number of pyridine rings is 1. The van der Waals surface area contributed by atoms with Crippen LogP contribution >= 0.6 is 7.60 Å². The number of aromatic nitrogens is 1. The predicted molar refractivity (Wildman–Crippen MR) is 54.3 cm³/mol. The maximum absolute atomic E-state index is 10.5. The summed E-state index contributed by atoms with van der Waals surface area (Å²) < 4.78 is 10.5. The summed E-state index contributed by atoms with van der Waals surface area (Å²) in [4.78, 5) is 20.9. The first-order valence-corrected chi connectivity index (χ1v) is 4.82. The van der Waals surface area contributed by atoms with E-state index in [-0.39, 0.29) is 65.3 Å². The van der Waals surface area contributed by atoms with Crippen molar-refractivity contribution < 1.29 is 14.4 Å². The number of nitrogens with zero attached hydrogens (tertiary/aromatic N) is 1. The molecular formula is C6H10NNa2O3P. The molecule has 1 heterocycles. The van der Waals surface area contributed by atoms with Crippen molar-refractivity contribution in [1.29, 1.82) is 0 Å². The summed E-state index contributed by atoms with van der Waals surface area (Å²) in [5.74, 6) is 0. The van der Waals surface area contributed by atoms with Crippen LogP contribution in [0, 0.1) is 0 Å². The van der Waals surface area contributed by atoms with E-state index in [9.17, 15) is 4.57 Å². The molecule has 0 aliphatic carbocycles. The molecule has 7 heteroatoms. The Labute approximate surface area is 121 Å². The zero-order valence-corrected chi connectivity index (χ0v) is 6.61. The molecule has 0 unspecified atom stereocenters. The van der Waals surface area contributed by atoms with Gasteiger partial charge in [-0.3, -0.25) is 9.55 Å². The Morgan fingerprint density at radius 1 is 1.31 bits per heavy atom. The quantitative estimate of drug-likeness (QED) is 0.520. The van der Waals surface area contributed by atoms with Crippen LogP contribution in [0.25, 0.3) is 0 Å². The van der Waals surface area contributed by atoms with Gasteiger partial charge in [0.1, 0.15) is 0 Å². The zero-order valence-electron chi connectivity index (χ0n) is 5.71. The Morgan fingerprint density at radius 3 is 2.31 bits per heavy atom. The molecule has 0 bridgehead atoms. The van der Waals surface area contributed by atoms with Gasteiger partial charge in [0, 0.05) is 6.20 Å². The fourth-order valence-electron chi connectivity index (χ4n) is 0.703. The van der Waals surface area contributed by atoms with Crippen LogP contribution in [0.1, 0.15) is 5.69 Å². The van der Waals surface area contributed by atoms with E-state index in [1.165, 1.54) is 6.20 Å². The molecule has 4 nitrogen and oxygen atoms in total. The van der Waals surface area contributed by atoms with Gasteiger partial charge in [0.15, 0.2) is 0 Å². The summed E-state index contributed by atoms with van der Waals surface area (Å²) in [6.45, 7) is 0. The van der Waals surface area contributed by atoms with Crippen molar-refractivity contribution in [2.75, 3.05) is 0 Å². The summed E-state index contributed by atoms with van der Waals surface area (Å²) >= 11 is 0. The number of hydrogen-bond acceptors (Lipinski definition) is 2. The van der Waals surface area contributed by atoms with Gasteiger partial charge in [0.25, 0.3) is 0 Å². The molecule has 1 aromatic rings. The van der Waals surface area contributed by atoms with Gasteiger partial charge < -0.3 is 9.79 Å². The molecule has 0 amide bonds. The molecule has 0 saturated carbocycles. The summed E-state index contributed by atoms with van der Waals surface area (Å²) in [7, 11) is -3.95. The maximum atomic E-state index is 10.5. The predicted octanol–water partition coefficient (Wildman–Crippen LogP) is -0.538. The van der Waals surface area contributed by atoms with E-state index >= 15 is 0 Å². The molecular weight excluding hydrogens is 211 g/mol. The second kappa shape index (κ2) is 7.57. The van der Waals surface area contributed by atoms with E-state index in [1.807, 2.05) is 0 Å². The van der Waals surface area contributed by atoms with Crippen LogP contribution in [0.3, 0.4) is 0 Å². The zero-order chi connectivity index (χ0) is 8.32. The van der Waals surface area contributed by atoms with E-state index < -0.39 is 7.60 Å². The Bertz CT molecular complexity index is 276. The molecule has 0 atom stereocenters. The molecule has 0 aliphatic heterocycles. The summed E-state index contributed by atoms with van der Waals surface area (Å²) in [6.07, 6.45) is 1.22. The van der Waals surface area contributed by atoms with Crippen LogP contribution in [0.5, 0.6) is 0 Å². The van der Waals surface area contributed by atoms with Crippen LogP contribution in [0.15, 0.2) is 24.4 Å². The fraction of sp³-hybridized carbons (Fsp3) is 0.167. The Kier molecular flexibility index (Phi) is 9.74. The average molecular weight is 221 g/mol. The number of hydrogen-bond donors (Lipinski definition) is 2. The third-order valence-corrected chi connectivity index (χ3v) is 1.83. The molecule has 64 valence electrons. The normalized spacial score (nSPS) is 9.69. The van der Waals surface area contributed by atoms with Gasteiger partial charge in [-0.05, 0) is 12.1 Å². The summed E-state index contributed by atoms with van der Waals surface area (Å²) in [6, 6.07) is 4.97. The average Bonchev–Trinajstić information content (AvgIpc) is 1.85. The van der Waals surface area contributed by atoms with Crippen molar-refractivity contribution in [3.05, 3.63) is 30.1 Å². The van der Waals surface area contributed by atoms with Crippen LogP contribution in [0.4, 0.5) is 0 Å². The van der Waals surface area contributed by atoms with Gasteiger partial charge in [0.2, 0.25) is 0 Å². The Balaban J connectivity index is 0. The first kappa shape index (κ1) is 16.7. The van der Waals surface area contributed by atoms with Crippen molar-refractivity contribution in [2.24, 2.45) is 0 Å². The van der Waals surface area contributed by atoms with Crippen molar-refractivity contribution in [3.63, 3.8) is 0 Å². The van der Waals surface area contributed by atoms with Gasteiger partial charge >= 0.3 is 66.7 Å². The second-order valence-electron chi connectivity index (χ2n) is 2.14. The van der Waals surface area contributed by atoms with Crippen LogP contribution in [-0.4, -0.2) is 73.9 Å². The van der Waals surface area contributed by atoms with Crippen LogP contribution < -0.4 is 0 Å². The van der Waals surface area contributed by atoms with Crippen molar-refractivity contribution in [1.82, 2.24) is 4.98 Å². The molecule has 0 aromatic carbocycles. The molecule has 13 heavy (non-hydrogen) atoms. The van der Waals surface area contributed by atoms with Crippen molar-refractivity contribution >= 4 is 66.7 Å². The van der Waals surface area contributed by atoms with Crippen LogP contribution in [-0.2, 0) is 10.7 Å². The third kappa shape index (κ3) is 8.30. The van der Waals surface area contributed by atoms with Gasteiger partial charge in [0.05, 0.1) is 11.9 Å². The minimum atomic E-state index is -3.95. The molecule has 0 aliphatic rings. The molecule has 0 spiro atoms.